The van der Waals surface area contributed by atoms with Gasteiger partial charge in [0.1, 0.15) is 0 Å². The lowest BCUT2D eigenvalue weighted by atomic mass is 10.1. The van der Waals surface area contributed by atoms with Gasteiger partial charge in [-0.15, -0.1) is 0 Å². The van der Waals surface area contributed by atoms with Gasteiger partial charge in [0.15, 0.2) is 17.5 Å². The van der Waals surface area contributed by atoms with Crippen molar-refractivity contribution in [2.45, 2.75) is 19.8 Å². The van der Waals surface area contributed by atoms with Crippen molar-refractivity contribution in [1.29, 1.82) is 0 Å². The molecule has 0 bridgehead atoms. The van der Waals surface area contributed by atoms with Crippen molar-refractivity contribution in [2.24, 2.45) is 0 Å². The molecule has 7 heteroatoms. The van der Waals surface area contributed by atoms with Gasteiger partial charge in [0.05, 0.1) is 5.69 Å². The average Bonchev–Trinajstić information content (AvgIpc) is 2.84. The van der Waals surface area contributed by atoms with E-state index >= 15 is 0 Å². The van der Waals surface area contributed by atoms with Crippen molar-refractivity contribution < 1.29 is 22.5 Å². The first-order chi connectivity index (χ1) is 9.38. The molecule has 2 aromatic rings. The number of nitrogens with zero attached hydrogens (tertiary/aromatic N) is 1. The summed E-state index contributed by atoms with van der Waals surface area (Å²) in [5, 5.41) is 6.00. The number of anilines is 1. The molecule has 1 amide bonds. The van der Waals surface area contributed by atoms with Crippen LogP contribution in [0.4, 0.5) is 19.1 Å². The first-order valence-electron chi connectivity index (χ1n) is 5.81. The highest BCUT2D eigenvalue weighted by Crippen LogP contribution is 2.19. The molecule has 1 heterocycles. The van der Waals surface area contributed by atoms with E-state index in [-0.39, 0.29) is 17.4 Å². The van der Waals surface area contributed by atoms with Crippen molar-refractivity contribution in [3.05, 3.63) is 46.9 Å². The maximum absolute atomic E-state index is 13.0. The van der Waals surface area contributed by atoms with E-state index in [1.54, 1.807) is 0 Å². The monoisotopic (exact) mass is 284 g/mol. The number of nitrogens with one attached hydrogen (secondary N) is 1. The van der Waals surface area contributed by atoms with Crippen LogP contribution in [0.2, 0.25) is 0 Å². The van der Waals surface area contributed by atoms with Gasteiger partial charge in [0.2, 0.25) is 5.88 Å². The van der Waals surface area contributed by atoms with E-state index in [1.807, 2.05) is 13.8 Å². The Morgan fingerprint density at radius 1 is 1.20 bits per heavy atom. The topological polar surface area (TPSA) is 55.1 Å². The van der Waals surface area contributed by atoms with Gasteiger partial charge in [-0.1, -0.05) is 19.0 Å². The number of benzene rings is 1. The lowest BCUT2D eigenvalue weighted by molar-refractivity contribution is 0.102. The van der Waals surface area contributed by atoms with Crippen molar-refractivity contribution in [3.63, 3.8) is 0 Å². The van der Waals surface area contributed by atoms with Crippen LogP contribution in [0.5, 0.6) is 0 Å². The van der Waals surface area contributed by atoms with Crippen molar-refractivity contribution >= 4 is 11.8 Å². The summed E-state index contributed by atoms with van der Waals surface area (Å²) in [6, 6.07) is 2.71. The molecule has 0 atom stereocenters. The van der Waals surface area contributed by atoms with Crippen molar-refractivity contribution in [3.8, 4) is 0 Å². The van der Waals surface area contributed by atoms with Crippen LogP contribution < -0.4 is 5.32 Å². The van der Waals surface area contributed by atoms with Gasteiger partial charge in [-0.3, -0.25) is 10.1 Å². The van der Waals surface area contributed by atoms with Gasteiger partial charge in [-0.05, 0) is 18.1 Å². The lowest BCUT2D eigenvalue weighted by Gasteiger charge is -2.02. The number of amides is 1. The molecule has 0 unspecified atom stereocenters. The number of hydrogen-bond donors (Lipinski definition) is 1. The van der Waals surface area contributed by atoms with Crippen LogP contribution in [0.1, 0.15) is 35.8 Å². The summed E-state index contributed by atoms with van der Waals surface area (Å²) in [6.07, 6.45) is 0. The minimum absolute atomic E-state index is 0.0452. The quantitative estimate of drug-likeness (QED) is 0.878. The van der Waals surface area contributed by atoms with Gasteiger partial charge in [-0.2, -0.15) is 0 Å². The van der Waals surface area contributed by atoms with Crippen LogP contribution in [0.25, 0.3) is 0 Å². The number of carbonyl (C=O) groups is 1. The SMILES string of the molecule is CC(C)c1cc(NC(=O)c2cc(F)c(F)c(F)c2)on1. The maximum Gasteiger partial charge on any atom is 0.258 e. The molecule has 0 spiro atoms. The van der Waals surface area contributed by atoms with Gasteiger partial charge in [0, 0.05) is 11.6 Å². The molecule has 4 nitrogen and oxygen atoms in total. The predicted octanol–water partition coefficient (Wildman–Crippen LogP) is 3.47. The molecule has 0 saturated heterocycles. The fraction of sp³-hybridized carbons (Fsp3) is 0.231. The molecule has 0 aliphatic heterocycles. The Hall–Kier alpha value is -2.31. The Morgan fingerprint density at radius 2 is 1.80 bits per heavy atom. The maximum atomic E-state index is 13.0. The van der Waals surface area contributed by atoms with Crippen molar-refractivity contribution in [1.82, 2.24) is 5.16 Å². The first-order valence-corrected chi connectivity index (χ1v) is 5.81. The third-order valence-electron chi connectivity index (χ3n) is 2.60. The third kappa shape index (κ3) is 2.81. The molecule has 1 aromatic carbocycles. The van der Waals surface area contributed by atoms with Gasteiger partial charge in [0.25, 0.3) is 5.91 Å². The zero-order valence-corrected chi connectivity index (χ0v) is 10.7. The fourth-order valence-electron chi connectivity index (χ4n) is 1.49. The highest BCUT2D eigenvalue weighted by molar-refractivity contribution is 6.03. The van der Waals surface area contributed by atoms with Crippen LogP contribution in [0, 0.1) is 17.5 Å². The molecule has 106 valence electrons. The summed E-state index contributed by atoms with van der Waals surface area (Å²) in [7, 11) is 0. The molecular weight excluding hydrogens is 273 g/mol. The molecule has 1 aromatic heterocycles. The molecule has 1 N–H and O–H groups in total. The smallest absolute Gasteiger partial charge is 0.258 e. The first kappa shape index (κ1) is 14.1. The number of carbonyl (C=O) groups excluding carboxylic acids is 1. The van der Waals surface area contributed by atoms with E-state index in [2.05, 4.69) is 10.5 Å². The number of halogens is 3. The van der Waals surface area contributed by atoms with E-state index in [0.29, 0.717) is 17.8 Å². The molecule has 0 radical (unpaired) electrons. The number of aromatic nitrogens is 1. The summed E-state index contributed by atoms with van der Waals surface area (Å²) in [6.45, 7) is 3.77. The standard InChI is InChI=1S/C13H11F3N2O2/c1-6(2)10-5-11(20-18-10)17-13(19)7-3-8(14)12(16)9(15)4-7/h3-6H,1-2H3,(H,17,19). The fourth-order valence-corrected chi connectivity index (χ4v) is 1.49. The lowest BCUT2D eigenvalue weighted by Crippen LogP contribution is -2.12. The summed E-state index contributed by atoms with van der Waals surface area (Å²) in [5.74, 6) is -5.17. The van der Waals surface area contributed by atoms with E-state index in [0.717, 1.165) is 0 Å². The second-order valence-corrected chi connectivity index (χ2v) is 4.48. The number of rotatable bonds is 3. The van der Waals surface area contributed by atoms with E-state index in [4.69, 9.17) is 4.52 Å². The largest absolute Gasteiger partial charge is 0.338 e. The summed E-state index contributed by atoms with van der Waals surface area (Å²) < 4.78 is 43.7. The van der Waals surface area contributed by atoms with Crippen LogP contribution in [-0.2, 0) is 0 Å². The summed E-state index contributed by atoms with van der Waals surface area (Å²) >= 11 is 0. The minimum Gasteiger partial charge on any atom is -0.338 e. The van der Waals surface area contributed by atoms with E-state index < -0.39 is 23.4 Å². The predicted molar refractivity (Wildman–Crippen MR) is 64.9 cm³/mol. The summed E-state index contributed by atoms with van der Waals surface area (Å²) in [4.78, 5) is 11.8. The molecule has 0 aliphatic carbocycles. The Kier molecular flexibility index (Phi) is 3.78. The zero-order chi connectivity index (χ0) is 14.9. The van der Waals surface area contributed by atoms with Crippen molar-refractivity contribution in [2.75, 3.05) is 5.32 Å². The minimum atomic E-state index is -1.62. The molecular formula is C13H11F3N2O2. The van der Waals surface area contributed by atoms with Crippen LogP contribution in [-0.4, -0.2) is 11.1 Å². The molecule has 20 heavy (non-hydrogen) atoms. The Labute approximate surface area is 112 Å². The highest BCUT2D eigenvalue weighted by Gasteiger charge is 2.17. The van der Waals surface area contributed by atoms with Crippen LogP contribution in [0.15, 0.2) is 22.7 Å². The van der Waals surface area contributed by atoms with E-state index in [1.165, 1.54) is 6.07 Å². The second kappa shape index (κ2) is 5.36. The third-order valence-corrected chi connectivity index (χ3v) is 2.60. The molecule has 2 rings (SSSR count). The number of hydrogen-bond acceptors (Lipinski definition) is 3. The Morgan fingerprint density at radius 3 is 2.30 bits per heavy atom. The van der Waals surface area contributed by atoms with Crippen LogP contribution >= 0.6 is 0 Å². The highest BCUT2D eigenvalue weighted by atomic mass is 19.2. The van der Waals surface area contributed by atoms with Gasteiger partial charge in [-0.25, -0.2) is 13.2 Å². The van der Waals surface area contributed by atoms with Gasteiger partial charge >= 0.3 is 0 Å². The normalized spacial score (nSPS) is 10.9. The molecule has 0 fully saturated rings. The Balaban J connectivity index is 2.19. The average molecular weight is 284 g/mol. The molecule has 0 saturated carbocycles. The Bertz CT molecular complexity index is 630. The second-order valence-electron chi connectivity index (χ2n) is 4.48. The molecule has 0 aliphatic rings. The summed E-state index contributed by atoms with van der Waals surface area (Å²) in [5.41, 5.74) is 0.265. The van der Waals surface area contributed by atoms with E-state index in [9.17, 15) is 18.0 Å². The van der Waals surface area contributed by atoms with Gasteiger partial charge < -0.3 is 4.52 Å². The zero-order valence-electron chi connectivity index (χ0n) is 10.7. The van der Waals surface area contributed by atoms with Crippen LogP contribution in [0.3, 0.4) is 0 Å².